The molecule has 0 bridgehead atoms. The van der Waals surface area contributed by atoms with Gasteiger partial charge in [0, 0.05) is 18.6 Å². The zero-order valence-electron chi connectivity index (χ0n) is 12.2. The number of fused-ring (bicyclic) bond motifs is 1. The first-order valence-corrected chi connectivity index (χ1v) is 6.63. The van der Waals surface area contributed by atoms with Gasteiger partial charge in [-0.25, -0.2) is 0 Å². The Balaban J connectivity index is 2.40. The molecule has 0 aromatic rings. The Hall–Kier alpha value is -1.91. The summed E-state index contributed by atoms with van der Waals surface area (Å²) in [7, 11) is 3.10. The van der Waals surface area contributed by atoms with Gasteiger partial charge in [0.15, 0.2) is 0 Å². The van der Waals surface area contributed by atoms with E-state index >= 15 is 0 Å². The normalized spacial score (nSPS) is 30.1. The maximum absolute atomic E-state index is 12.2. The maximum atomic E-state index is 12.2. The van der Waals surface area contributed by atoms with Crippen LogP contribution in [0.3, 0.4) is 0 Å². The minimum atomic E-state index is -0.612. The molecule has 0 spiro atoms. The SMILES string of the molecule is COC1=CC(OC)=C[C@@H]2C(=O)O[C@H](C)C[C@H](C)OC2=C1. The molecule has 110 valence electrons. The maximum Gasteiger partial charge on any atom is 0.320 e. The lowest BCUT2D eigenvalue weighted by atomic mass is 10.0. The molecule has 1 heterocycles. The molecule has 0 unspecified atom stereocenters. The van der Waals surface area contributed by atoms with Crippen molar-refractivity contribution in [3.05, 3.63) is 35.5 Å². The van der Waals surface area contributed by atoms with Crippen LogP contribution < -0.4 is 0 Å². The van der Waals surface area contributed by atoms with Gasteiger partial charge in [0.1, 0.15) is 29.3 Å². The van der Waals surface area contributed by atoms with Crippen molar-refractivity contribution in [3.8, 4) is 0 Å². The second-order valence-corrected chi connectivity index (χ2v) is 4.96. The van der Waals surface area contributed by atoms with Crippen LogP contribution in [0.2, 0.25) is 0 Å². The van der Waals surface area contributed by atoms with E-state index < -0.39 is 5.92 Å². The molecule has 0 radical (unpaired) electrons. The van der Waals surface area contributed by atoms with E-state index in [1.807, 2.05) is 13.8 Å². The number of cyclic esters (lactones) is 1. The number of rotatable bonds is 2. The molecule has 0 saturated carbocycles. The molecule has 1 fully saturated rings. The van der Waals surface area contributed by atoms with Crippen molar-refractivity contribution in [3.63, 3.8) is 0 Å². The van der Waals surface area contributed by atoms with Gasteiger partial charge in [0.25, 0.3) is 0 Å². The first-order chi connectivity index (χ1) is 9.53. The highest BCUT2D eigenvalue weighted by molar-refractivity contribution is 5.78. The van der Waals surface area contributed by atoms with Crippen molar-refractivity contribution >= 4 is 5.97 Å². The standard InChI is InChI=1S/C15H20O5/c1-9-5-10(2)20-15(16)13-7-11(17-3)6-12(18-4)8-14(13)19-9/h6-10,13H,5H2,1-4H3/t9-,10+,13-/m0/s1. The van der Waals surface area contributed by atoms with Crippen molar-refractivity contribution in [2.45, 2.75) is 32.5 Å². The lowest BCUT2D eigenvalue weighted by molar-refractivity contribution is -0.156. The lowest BCUT2D eigenvalue weighted by Crippen LogP contribution is -2.31. The van der Waals surface area contributed by atoms with Crippen LogP contribution in [0, 0.1) is 5.92 Å². The Morgan fingerprint density at radius 3 is 2.35 bits per heavy atom. The van der Waals surface area contributed by atoms with Crippen molar-refractivity contribution < 1.29 is 23.7 Å². The molecular weight excluding hydrogens is 260 g/mol. The van der Waals surface area contributed by atoms with E-state index in [1.165, 1.54) is 0 Å². The van der Waals surface area contributed by atoms with E-state index in [9.17, 15) is 4.79 Å². The average Bonchev–Trinajstić information content (AvgIpc) is 2.56. The fourth-order valence-corrected chi connectivity index (χ4v) is 2.31. The monoisotopic (exact) mass is 280 g/mol. The zero-order valence-corrected chi connectivity index (χ0v) is 12.2. The molecule has 20 heavy (non-hydrogen) atoms. The Morgan fingerprint density at radius 2 is 1.70 bits per heavy atom. The number of allylic oxidation sites excluding steroid dienone is 2. The number of esters is 1. The second kappa shape index (κ2) is 6.03. The van der Waals surface area contributed by atoms with Crippen LogP contribution in [0.1, 0.15) is 20.3 Å². The van der Waals surface area contributed by atoms with E-state index in [1.54, 1.807) is 32.4 Å². The largest absolute Gasteiger partial charge is 0.497 e. The third-order valence-electron chi connectivity index (χ3n) is 3.25. The average molecular weight is 280 g/mol. The number of methoxy groups -OCH3 is 2. The number of carbonyl (C=O) groups excluding carboxylic acids is 1. The Morgan fingerprint density at radius 1 is 1.05 bits per heavy atom. The van der Waals surface area contributed by atoms with Crippen molar-refractivity contribution in [1.29, 1.82) is 0 Å². The highest BCUT2D eigenvalue weighted by Crippen LogP contribution is 2.29. The first kappa shape index (κ1) is 14.5. The van der Waals surface area contributed by atoms with Crippen LogP contribution in [-0.4, -0.2) is 32.4 Å². The third-order valence-corrected chi connectivity index (χ3v) is 3.25. The summed E-state index contributed by atoms with van der Waals surface area (Å²) < 4.78 is 21.8. The summed E-state index contributed by atoms with van der Waals surface area (Å²) in [5.74, 6) is 0.688. The molecule has 0 amide bonds. The van der Waals surface area contributed by atoms with Gasteiger partial charge in [-0.05, 0) is 19.9 Å². The molecular formula is C15H20O5. The molecule has 0 aromatic heterocycles. The van der Waals surface area contributed by atoms with E-state index in [0.717, 1.165) is 0 Å². The molecule has 3 atom stereocenters. The Bertz CT molecular complexity index is 475. The van der Waals surface area contributed by atoms with Gasteiger partial charge >= 0.3 is 5.97 Å². The zero-order chi connectivity index (χ0) is 14.7. The summed E-state index contributed by atoms with van der Waals surface area (Å²) in [5, 5.41) is 0. The van der Waals surface area contributed by atoms with Gasteiger partial charge in [0.2, 0.25) is 0 Å². The fraction of sp³-hybridized carbons (Fsp3) is 0.533. The van der Waals surface area contributed by atoms with Crippen LogP contribution in [0.4, 0.5) is 0 Å². The van der Waals surface area contributed by atoms with Gasteiger partial charge < -0.3 is 18.9 Å². The molecule has 5 heteroatoms. The summed E-state index contributed by atoms with van der Waals surface area (Å²) in [6.07, 6.45) is 5.55. The van der Waals surface area contributed by atoms with Gasteiger partial charge in [-0.15, -0.1) is 0 Å². The molecule has 1 aliphatic carbocycles. The predicted octanol–water partition coefficient (Wildman–Crippen LogP) is 2.30. The van der Waals surface area contributed by atoms with Gasteiger partial charge in [-0.1, -0.05) is 0 Å². The van der Waals surface area contributed by atoms with Gasteiger partial charge in [-0.3, -0.25) is 4.79 Å². The Labute approximate surface area is 118 Å². The van der Waals surface area contributed by atoms with Crippen LogP contribution >= 0.6 is 0 Å². The van der Waals surface area contributed by atoms with E-state index in [0.29, 0.717) is 23.7 Å². The number of ether oxygens (including phenoxy) is 4. The van der Waals surface area contributed by atoms with Crippen LogP contribution in [0.25, 0.3) is 0 Å². The summed E-state index contributed by atoms with van der Waals surface area (Å²) in [5.41, 5.74) is 0. The van der Waals surface area contributed by atoms with E-state index in [2.05, 4.69) is 0 Å². The van der Waals surface area contributed by atoms with E-state index in [4.69, 9.17) is 18.9 Å². The molecule has 5 nitrogen and oxygen atoms in total. The summed E-state index contributed by atoms with van der Waals surface area (Å²) in [6.45, 7) is 3.82. The number of hydrogen-bond donors (Lipinski definition) is 0. The molecule has 0 N–H and O–H groups in total. The van der Waals surface area contributed by atoms with Crippen LogP contribution in [0.5, 0.6) is 0 Å². The molecule has 0 aromatic carbocycles. The number of carbonyl (C=O) groups is 1. The summed E-state index contributed by atoms with van der Waals surface area (Å²) >= 11 is 0. The second-order valence-electron chi connectivity index (χ2n) is 4.96. The molecule has 2 rings (SSSR count). The fourth-order valence-electron chi connectivity index (χ4n) is 2.31. The van der Waals surface area contributed by atoms with Gasteiger partial charge in [0.05, 0.1) is 20.3 Å². The molecule has 1 saturated heterocycles. The van der Waals surface area contributed by atoms with Gasteiger partial charge in [-0.2, -0.15) is 0 Å². The van der Waals surface area contributed by atoms with E-state index in [-0.39, 0.29) is 18.2 Å². The Kier molecular flexibility index (Phi) is 4.37. The van der Waals surface area contributed by atoms with Crippen LogP contribution in [-0.2, 0) is 23.7 Å². The summed E-state index contributed by atoms with van der Waals surface area (Å²) in [6, 6.07) is 0. The number of hydrogen-bond acceptors (Lipinski definition) is 5. The quantitative estimate of drug-likeness (QED) is 0.726. The highest BCUT2D eigenvalue weighted by atomic mass is 16.6. The molecule has 1 aliphatic heterocycles. The predicted molar refractivity (Wildman–Crippen MR) is 72.5 cm³/mol. The first-order valence-electron chi connectivity index (χ1n) is 6.63. The topological polar surface area (TPSA) is 54.0 Å². The highest BCUT2D eigenvalue weighted by Gasteiger charge is 2.32. The molecule has 2 aliphatic rings. The van der Waals surface area contributed by atoms with Crippen molar-refractivity contribution in [2.75, 3.05) is 14.2 Å². The van der Waals surface area contributed by atoms with Crippen molar-refractivity contribution in [2.24, 2.45) is 5.92 Å². The lowest BCUT2D eigenvalue weighted by Gasteiger charge is -2.28. The van der Waals surface area contributed by atoms with Crippen LogP contribution in [0.15, 0.2) is 35.5 Å². The minimum Gasteiger partial charge on any atom is -0.497 e. The summed E-state index contributed by atoms with van der Waals surface area (Å²) in [4.78, 5) is 12.2. The smallest absolute Gasteiger partial charge is 0.320 e. The minimum absolute atomic E-state index is 0.0394. The van der Waals surface area contributed by atoms with Crippen molar-refractivity contribution in [1.82, 2.24) is 0 Å². The third kappa shape index (κ3) is 3.15.